The average molecular weight is 391 g/mol. The molecule has 0 aliphatic rings. The molecule has 0 saturated carbocycles. The number of rotatable bonds is 6. The van der Waals surface area contributed by atoms with Crippen molar-refractivity contribution in [2.75, 3.05) is 27.7 Å². The number of quaternary nitrogens is 1. The molecule has 1 nitrogen and oxygen atoms in total. The van der Waals surface area contributed by atoms with Crippen molar-refractivity contribution < 1.29 is 28.5 Å². The van der Waals surface area contributed by atoms with Gasteiger partial charge in [-0.15, -0.1) is 0 Å². The van der Waals surface area contributed by atoms with Gasteiger partial charge in [-0.05, 0) is 24.0 Å². The number of aryl methyl sites for hydroxylation is 1. The second-order valence-electron chi connectivity index (χ2n) is 5.95. The molecule has 0 fully saturated rings. The van der Waals surface area contributed by atoms with E-state index in [1.165, 1.54) is 11.1 Å². The summed E-state index contributed by atoms with van der Waals surface area (Å²) >= 11 is 5.75. The quantitative estimate of drug-likeness (QED) is 0.298. The molecule has 0 radical (unpaired) electrons. The van der Waals surface area contributed by atoms with Crippen LogP contribution in [0.5, 0.6) is 0 Å². The Labute approximate surface area is 141 Å². The fraction of sp³-hybridized carbons (Fsp3) is 0.562. The van der Waals surface area contributed by atoms with E-state index in [9.17, 15) is 0 Å². The first kappa shape index (κ1) is 19.0. The van der Waals surface area contributed by atoms with E-state index in [2.05, 4.69) is 59.3 Å². The topological polar surface area (TPSA) is 0 Å². The van der Waals surface area contributed by atoms with E-state index in [1.807, 2.05) is 0 Å². The van der Waals surface area contributed by atoms with Crippen molar-refractivity contribution in [1.82, 2.24) is 0 Å². The van der Waals surface area contributed by atoms with Crippen LogP contribution in [0.1, 0.15) is 31.4 Å². The molecular weight excluding hydrogens is 365 g/mol. The molecule has 0 heterocycles. The summed E-state index contributed by atoms with van der Waals surface area (Å²) in [5.41, 5.74) is 2.66. The van der Waals surface area contributed by atoms with Gasteiger partial charge in [0.15, 0.2) is 0 Å². The fourth-order valence-corrected chi connectivity index (χ4v) is 2.79. The van der Waals surface area contributed by atoms with Gasteiger partial charge in [0, 0.05) is 10.8 Å². The molecule has 1 atom stereocenters. The minimum Gasteiger partial charge on any atom is -1.00 e. The Balaban J connectivity index is 0.00000324. The van der Waals surface area contributed by atoms with Gasteiger partial charge in [0.05, 0.1) is 27.7 Å². The molecule has 108 valence electrons. The summed E-state index contributed by atoms with van der Waals surface area (Å²) in [6, 6.07) is 8.57. The molecule has 1 aromatic carbocycles. The van der Waals surface area contributed by atoms with Crippen molar-refractivity contribution in [2.45, 2.75) is 26.7 Å². The molecule has 1 unspecified atom stereocenters. The summed E-state index contributed by atoms with van der Waals surface area (Å²) in [4.78, 5) is 1.14. The molecule has 0 amide bonds. The second-order valence-corrected chi connectivity index (χ2v) is 6.39. The van der Waals surface area contributed by atoms with Crippen LogP contribution in [0, 0.1) is 5.92 Å². The van der Waals surface area contributed by atoms with Crippen molar-refractivity contribution in [3.8, 4) is 0 Å². The molecule has 1 rings (SSSR count). The lowest BCUT2D eigenvalue weighted by Crippen LogP contribution is -3.00. The molecule has 1 aromatic rings. The maximum Gasteiger partial charge on any atom is 0.0858 e. The van der Waals surface area contributed by atoms with Crippen molar-refractivity contribution in [2.24, 2.45) is 5.92 Å². The van der Waals surface area contributed by atoms with Crippen LogP contribution in [0.3, 0.4) is 0 Å². The Bertz CT molecular complexity index is 409. The molecule has 0 aromatic heterocycles. The van der Waals surface area contributed by atoms with Gasteiger partial charge in [-0.1, -0.05) is 50.3 Å². The zero-order valence-corrected chi connectivity index (χ0v) is 15.7. The van der Waals surface area contributed by atoms with Crippen LogP contribution in [-0.4, -0.2) is 37.0 Å². The lowest BCUT2D eigenvalue weighted by molar-refractivity contribution is -0.872. The molecular formula is C16H26INS. The molecule has 0 N–H and O–H groups in total. The summed E-state index contributed by atoms with van der Waals surface area (Å²) in [5.74, 6) is 0.493. The number of hydrogen-bond donors (Lipinski definition) is 0. The minimum absolute atomic E-state index is 0. The van der Waals surface area contributed by atoms with E-state index in [4.69, 9.17) is 12.2 Å². The van der Waals surface area contributed by atoms with E-state index >= 15 is 0 Å². The van der Waals surface area contributed by atoms with Crippen LogP contribution in [0.2, 0.25) is 0 Å². The van der Waals surface area contributed by atoms with Crippen LogP contribution < -0.4 is 24.0 Å². The second kappa shape index (κ2) is 8.32. The van der Waals surface area contributed by atoms with E-state index in [0.29, 0.717) is 5.92 Å². The number of thiocarbonyl (C=S) groups is 1. The van der Waals surface area contributed by atoms with Crippen molar-refractivity contribution in [3.63, 3.8) is 0 Å². The number of nitrogens with zero attached hydrogens (tertiary/aromatic N) is 1. The normalized spacial score (nSPS) is 12.7. The Morgan fingerprint density at radius 2 is 1.74 bits per heavy atom. The van der Waals surface area contributed by atoms with Crippen molar-refractivity contribution in [1.29, 1.82) is 0 Å². The van der Waals surface area contributed by atoms with Crippen LogP contribution in [0.4, 0.5) is 0 Å². The van der Waals surface area contributed by atoms with Gasteiger partial charge in [-0.25, -0.2) is 0 Å². The highest BCUT2D eigenvalue weighted by Crippen LogP contribution is 2.20. The summed E-state index contributed by atoms with van der Waals surface area (Å²) in [7, 11) is 6.70. The lowest BCUT2D eigenvalue weighted by Gasteiger charge is -2.29. The number of hydrogen-bond acceptors (Lipinski definition) is 1. The third kappa shape index (κ3) is 5.88. The smallest absolute Gasteiger partial charge is 0.0858 e. The number of benzene rings is 1. The first-order chi connectivity index (χ1) is 8.39. The molecule has 19 heavy (non-hydrogen) atoms. The Morgan fingerprint density at radius 1 is 1.16 bits per heavy atom. The third-order valence-corrected chi connectivity index (χ3v) is 3.85. The Hall–Kier alpha value is -0.000000000000000111. The third-order valence-electron chi connectivity index (χ3n) is 3.30. The first-order valence-corrected chi connectivity index (χ1v) is 7.22. The van der Waals surface area contributed by atoms with Gasteiger partial charge in [0.1, 0.15) is 0 Å². The predicted molar refractivity (Wildman–Crippen MR) is 84.2 cm³/mol. The monoisotopic (exact) mass is 391 g/mol. The highest BCUT2D eigenvalue weighted by Gasteiger charge is 2.22. The van der Waals surface area contributed by atoms with E-state index < -0.39 is 0 Å². The van der Waals surface area contributed by atoms with E-state index in [1.54, 1.807) is 0 Å². The zero-order valence-electron chi connectivity index (χ0n) is 12.7. The predicted octanol–water partition coefficient (Wildman–Crippen LogP) is 0.703. The molecule has 0 spiro atoms. The Kier molecular flexibility index (Phi) is 8.32. The molecule has 0 aliphatic heterocycles. The minimum atomic E-state index is 0. The van der Waals surface area contributed by atoms with E-state index in [-0.39, 0.29) is 24.0 Å². The average Bonchev–Trinajstić information content (AvgIpc) is 2.34. The van der Waals surface area contributed by atoms with Gasteiger partial charge < -0.3 is 28.5 Å². The highest BCUT2D eigenvalue weighted by atomic mass is 127. The summed E-state index contributed by atoms with van der Waals surface area (Å²) in [6.07, 6.45) is 2.17. The standard InChI is InChI=1S/C16H26NS.HI/c1-6-13-10-8-9-11-15(13)16(18)14(7-2)12-17(3,4)5;/h8-11,14H,6-7,12H2,1-5H3;1H/q+1;/p-1. The van der Waals surface area contributed by atoms with Crippen molar-refractivity contribution >= 4 is 17.1 Å². The van der Waals surface area contributed by atoms with Crippen LogP contribution >= 0.6 is 12.2 Å². The summed E-state index contributed by atoms with van der Waals surface area (Å²) < 4.78 is 0.965. The van der Waals surface area contributed by atoms with Gasteiger partial charge in [-0.3, -0.25) is 0 Å². The van der Waals surface area contributed by atoms with E-state index in [0.717, 1.165) is 28.7 Å². The van der Waals surface area contributed by atoms with Gasteiger partial charge in [-0.2, -0.15) is 0 Å². The lowest BCUT2D eigenvalue weighted by atomic mass is 9.92. The zero-order chi connectivity index (χ0) is 13.8. The molecule has 0 aliphatic carbocycles. The van der Waals surface area contributed by atoms with Gasteiger partial charge in [0.25, 0.3) is 0 Å². The molecule has 0 bridgehead atoms. The summed E-state index contributed by atoms with van der Waals surface area (Å²) in [6.45, 7) is 5.54. The first-order valence-electron chi connectivity index (χ1n) is 6.81. The molecule has 3 heteroatoms. The highest BCUT2D eigenvalue weighted by molar-refractivity contribution is 7.80. The largest absolute Gasteiger partial charge is 1.00 e. The summed E-state index contributed by atoms with van der Waals surface area (Å²) in [5, 5.41) is 0. The van der Waals surface area contributed by atoms with Crippen LogP contribution in [-0.2, 0) is 6.42 Å². The van der Waals surface area contributed by atoms with Crippen LogP contribution in [0.25, 0.3) is 0 Å². The van der Waals surface area contributed by atoms with Crippen LogP contribution in [0.15, 0.2) is 24.3 Å². The maximum atomic E-state index is 5.75. The van der Waals surface area contributed by atoms with Crippen molar-refractivity contribution in [3.05, 3.63) is 35.4 Å². The Morgan fingerprint density at radius 3 is 2.21 bits per heavy atom. The maximum absolute atomic E-state index is 5.75. The van der Waals surface area contributed by atoms with Gasteiger partial charge in [0.2, 0.25) is 0 Å². The fourth-order valence-electron chi connectivity index (χ4n) is 2.35. The van der Waals surface area contributed by atoms with Gasteiger partial charge >= 0.3 is 0 Å². The number of halogens is 1. The SMILES string of the molecule is CCc1ccccc1C(=S)C(CC)C[N+](C)(C)C.[I-]. The molecule has 0 saturated heterocycles.